The SMILES string of the molecule is Cc1ccc(C=O)cc1/C=C/c1cccc(-c2ccccc2)c1F. The Morgan fingerprint density at radius 1 is 0.833 bits per heavy atom. The van der Waals surface area contributed by atoms with Crippen molar-refractivity contribution in [2.45, 2.75) is 6.92 Å². The summed E-state index contributed by atoms with van der Waals surface area (Å²) >= 11 is 0. The van der Waals surface area contributed by atoms with E-state index < -0.39 is 0 Å². The molecule has 0 N–H and O–H groups in total. The van der Waals surface area contributed by atoms with E-state index in [1.54, 1.807) is 30.3 Å². The monoisotopic (exact) mass is 316 g/mol. The Bertz CT molecular complexity index is 895. The zero-order valence-electron chi connectivity index (χ0n) is 13.4. The lowest BCUT2D eigenvalue weighted by Crippen LogP contribution is -1.89. The summed E-state index contributed by atoms with van der Waals surface area (Å²) in [6, 6.07) is 20.3. The van der Waals surface area contributed by atoms with Crippen LogP contribution < -0.4 is 0 Å². The lowest BCUT2D eigenvalue weighted by molar-refractivity contribution is 0.112. The molecule has 118 valence electrons. The van der Waals surface area contributed by atoms with Gasteiger partial charge in [0.2, 0.25) is 0 Å². The second-order valence-electron chi connectivity index (χ2n) is 5.64. The van der Waals surface area contributed by atoms with Gasteiger partial charge in [-0.25, -0.2) is 4.39 Å². The Morgan fingerprint density at radius 2 is 1.58 bits per heavy atom. The molecule has 1 nitrogen and oxygen atoms in total. The van der Waals surface area contributed by atoms with Gasteiger partial charge >= 0.3 is 0 Å². The maximum atomic E-state index is 14.8. The van der Waals surface area contributed by atoms with Crippen LogP contribution in [0.4, 0.5) is 4.39 Å². The first-order valence-corrected chi connectivity index (χ1v) is 7.77. The molecule has 0 radical (unpaired) electrons. The number of carbonyl (C=O) groups is 1. The number of hydrogen-bond donors (Lipinski definition) is 0. The van der Waals surface area contributed by atoms with Crippen LogP contribution in [0.2, 0.25) is 0 Å². The fourth-order valence-corrected chi connectivity index (χ4v) is 2.61. The van der Waals surface area contributed by atoms with Gasteiger partial charge in [-0.1, -0.05) is 72.8 Å². The normalized spacial score (nSPS) is 10.9. The molecule has 0 aromatic heterocycles. The smallest absolute Gasteiger partial charge is 0.150 e. The van der Waals surface area contributed by atoms with Crippen LogP contribution in [0.25, 0.3) is 23.3 Å². The minimum atomic E-state index is -0.246. The van der Waals surface area contributed by atoms with Gasteiger partial charge in [-0.3, -0.25) is 4.79 Å². The molecule has 3 aromatic carbocycles. The summed E-state index contributed by atoms with van der Waals surface area (Å²) in [6.45, 7) is 1.96. The first kappa shape index (κ1) is 15.9. The number of aryl methyl sites for hydroxylation is 1. The first-order chi connectivity index (χ1) is 11.7. The lowest BCUT2D eigenvalue weighted by Gasteiger charge is -2.06. The molecule has 0 atom stereocenters. The molecule has 0 saturated carbocycles. The summed E-state index contributed by atoms with van der Waals surface area (Å²) < 4.78 is 14.8. The zero-order chi connectivity index (χ0) is 16.9. The summed E-state index contributed by atoms with van der Waals surface area (Å²) in [7, 11) is 0. The summed E-state index contributed by atoms with van der Waals surface area (Å²) in [6.07, 6.45) is 4.40. The van der Waals surface area contributed by atoms with E-state index in [0.29, 0.717) is 16.7 Å². The predicted octanol–water partition coefficient (Wildman–Crippen LogP) is 5.78. The maximum Gasteiger partial charge on any atom is 0.150 e. The summed E-state index contributed by atoms with van der Waals surface area (Å²) in [5.41, 5.74) is 4.51. The van der Waals surface area contributed by atoms with Gasteiger partial charge in [-0.2, -0.15) is 0 Å². The second kappa shape index (κ2) is 7.05. The molecule has 0 bridgehead atoms. The van der Waals surface area contributed by atoms with Crippen LogP contribution in [0.5, 0.6) is 0 Å². The molecule has 0 heterocycles. The summed E-state index contributed by atoms with van der Waals surface area (Å²) in [5.74, 6) is -0.246. The molecule has 0 aliphatic heterocycles. The first-order valence-electron chi connectivity index (χ1n) is 7.77. The number of aldehydes is 1. The molecule has 3 aromatic rings. The number of rotatable bonds is 4. The maximum absolute atomic E-state index is 14.8. The molecule has 24 heavy (non-hydrogen) atoms. The molecular formula is C22H17FO. The van der Waals surface area contributed by atoms with Crippen molar-refractivity contribution in [3.8, 4) is 11.1 Å². The van der Waals surface area contributed by atoms with Crippen molar-refractivity contribution in [1.29, 1.82) is 0 Å². The largest absolute Gasteiger partial charge is 0.298 e. The average Bonchev–Trinajstić information content (AvgIpc) is 2.63. The molecule has 0 aliphatic rings. The second-order valence-corrected chi connectivity index (χ2v) is 5.64. The Morgan fingerprint density at radius 3 is 2.33 bits per heavy atom. The Hall–Kier alpha value is -3.00. The third kappa shape index (κ3) is 3.33. The third-order valence-electron chi connectivity index (χ3n) is 4.00. The number of carbonyl (C=O) groups excluding carboxylic acids is 1. The zero-order valence-corrected chi connectivity index (χ0v) is 13.4. The molecule has 0 aliphatic carbocycles. The van der Waals surface area contributed by atoms with E-state index in [1.165, 1.54) is 0 Å². The van der Waals surface area contributed by atoms with E-state index in [9.17, 15) is 9.18 Å². The van der Waals surface area contributed by atoms with Gasteiger partial charge in [0.15, 0.2) is 0 Å². The van der Waals surface area contributed by atoms with Crippen LogP contribution in [0.15, 0.2) is 66.7 Å². The molecular weight excluding hydrogens is 299 g/mol. The standard InChI is InChI=1S/C22H17FO/c1-16-10-11-17(15-24)14-20(16)13-12-19-8-5-9-21(22(19)23)18-6-3-2-4-7-18/h2-15H,1H3/b13-12+. The van der Waals surface area contributed by atoms with Gasteiger partial charge in [0.25, 0.3) is 0 Å². The number of halogens is 1. The highest BCUT2D eigenvalue weighted by molar-refractivity contribution is 5.80. The van der Waals surface area contributed by atoms with Crippen LogP contribution in [-0.4, -0.2) is 6.29 Å². The van der Waals surface area contributed by atoms with Crippen molar-refractivity contribution < 1.29 is 9.18 Å². The van der Waals surface area contributed by atoms with Crippen molar-refractivity contribution >= 4 is 18.4 Å². The molecule has 0 spiro atoms. The molecule has 0 amide bonds. The molecule has 0 saturated heterocycles. The Balaban J connectivity index is 1.98. The van der Waals surface area contributed by atoms with Gasteiger partial charge in [-0.15, -0.1) is 0 Å². The molecule has 3 rings (SSSR count). The fourth-order valence-electron chi connectivity index (χ4n) is 2.61. The highest BCUT2D eigenvalue weighted by atomic mass is 19.1. The molecule has 0 unspecified atom stereocenters. The van der Waals surface area contributed by atoms with Crippen molar-refractivity contribution in [3.63, 3.8) is 0 Å². The highest BCUT2D eigenvalue weighted by Crippen LogP contribution is 2.26. The molecule has 2 heteroatoms. The van der Waals surface area contributed by atoms with Crippen molar-refractivity contribution in [2.24, 2.45) is 0 Å². The summed E-state index contributed by atoms with van der Waals surface area (Å²) in [4.78, 5) is 10.9. The van der Waals surface area contributed by atoms with Crippen LogP contribution in [-0.2, 0) is 0 Å². The van der Waals surface area contributed by atoms with E-state index in [-0.39, 0.29) is 5.82 Å². The van der Waals surface area contributed by atoms with Crippen LogP contribution in [0, 0.1) is 12.7 Å². The van der Waals surface area contributed by atoms with Crippen LogP contribution in [0.3, 0.4) is 0 Å². The van der Waals surface area contributed by atoms with Crippen molar-refractivity contribution in [2.75, 3.05) is 0 Å². The van der Waals surface area contributed by atoms with E-state index in [0.717, 1.165) is 23.0 Å². The van der Waals surface area contributed by atoms with Crippen molar-refractivity contribution in [1.82, 2.24) is 0 Å². The van der Waals surface area contributed by atoms with Gasteiger partial charge in [0.05, 0.1) is 0 Å². The third-order valence-corrected chi connectivity index (χ3v) is 4.00. The lowest BCUT2D eigenvalue weighted by atomic mass is 10.0. The number of hydrogen-bond acceptors (Lipinski definition) is 1. The summed E-state index contributed by atoms with van der Waals surface area (Å²) in [5, 5.41) is 0. The predicted molar refractivity (Wildman–Crippen MR) is 97.3 cm³/mol. The quantitative estimate of drug-likeness (QED) is 0.440. The van der Waals surface area contributed by atoms with Crippen LogP contribution >= 0.6 is 0 Å². The minimum absolute atomic E-state index is 0.246. The van der Waals surface area contributed by atoms with Gasteiger partial charge < -0.3 is 0 Å². The van der Waals surface area contributed by atoms with E-state index >= 15 is 0 Å². The molecule has 0 fully saturated rings. The minimum Gasteiger partial charge on any atom is -0.298 e. The highest BCUT2D eigenvalue weighted by Gasteiger charge is 2.07. The van der Waals surface area contributed by atoms with Gasteiger partial charge in [0, 0.05) is 16.7 Å². The van der Waals surface area contributed by atoms with Gasteiger partial charge in [0.1, 0.15) is 12.1 Å². The van der Waals surface area contributed by atoms with E-state index in [4.69, 9.17) is 0 Å². The average molecular weight is 316 g/mol. The Kier molecular flexibility index (Phi) is 4.66. The van der Waals surface area contributed by atoms with Crippen molar-refractivity contribution in [3.05, 3.63) is 94.8 Å². The Labute approximate surface area is 141 Å². The van der Waals surface area contributed by atoms with E-state index in [1.807, 2.05) is 55.5 Å². The topological polar surface area (TPSA) is 17.1 Å². The fraction of sp³-hybridized carbons (Fsp3) is 0.0455. The van der Waals surface area contributed by atoms with Gasteiger partial charge in [-0.05, 0) is 29.7 Å². The van der Waals surface area contributed by atoms with E-state index in [2.05, 4.69) is 0 Å². The van der Waals surface area contributed by atoms with Crippen LogP contribution in [0.1, 0.15) is 27.0 Å². The number of benzene rings is 3.